The van der Waals surface area contributed by atoms with Crippen LogP contribution in [-0.2, 0) is 0 Å². The average molecular weight is 294 g/mol. The summed E-state index contributed by atoms with van der Waals surface area (Å²) in [5, 5.41) is 19.0. The van der Waals surface area contributed by atoms with Gasteiger partial charge in [-0.2, -0.15) is 17.0 Å². The molecule has 0 aromatic heterocycles. The lowest BCUT2D eigenvalue weighted by Crippen LogP contribution is -2.39. The van der Waals surface area contributed by atoms with E-state index in [1.165, 1.54) is 0 Å². The first-order chi connectivity index (χ1) is 9.58. The fourth-order valence-corrected chi connectivity index (χ4v) is 2.54. The van der Waals surface area contributed by atoms with Crippen LogP contribution in [0, 0.1) is 11.3 Å². The minimum Gasteiger partial charge on any atom is -0.489 e. The zero-order valence-corrected chi connectivity index (χ0v) is 13.1. The lowest BCUT2D eigenvalue weighted by atomic mass is 10.2. The summed E-state index contributed by atoms with van der Waals surface area (Å²) in [6.45, 7) is 2.88. The van der Waals surface area contributed by atoms with Crippen LogP contribution in [0.15, 0.2) is 24.3 Å². The number of thioether (sulfide) groups is 1. The molecule has 0 amide bonds. The number of hydrogen-bond donors (Lipinski definition) is 1. The van der Waals surface area contributed by atoms with E-state index in [4.69, 9.17) is 10.00 Å². The molecular formula is C15H22N2O2S. The third-order valence-corrected chi connectivity index (χ3v) is 3.91. The number of aliphatic hydroxyl groups is 1. The van der Waals surface area contributed by atoms with E-state index in [0.717, 1.165) is 5.75 Å². The van der Waals surface area contributed by atoms with Crippen LogP contribution in [0.25, 0.3) is 0 Å². The summed E-state index contributed by atoms with van der Waals surface area (Å²) in [5.74, 6) is 1.55. The van der Waals surface area contributed by atoms with Gasteiger partial charge in [0.1, 0.15) is 24.5 Å². The van der Waals surface area contributed by atoms with Crippen molar-refractivity contribution in [2.24, 2.45) is 0 Å². The van der Waals surface area contributed by atoms with Gasteiger partial charge in [-0.1, -0.05) is 12.1 Å². The Labute approximate surface area is 125 Å². The highest BCUT2D eigenvalue weighted by Crippen LogP contribution is 2.16. The first-order valence-corrected chi connectivity index (χ1v) is 7.97. The van der Waals surface area contributed by atoms with Crippen molar-refractivity contribution in [3.63, 3.8) is 0 Å². The predicted octanol–water partition coefficient (Wildman–Crippen LogP) is 1.98. The monoisotopic (exact) mass is 294 g/mol. The maximum atomic E-state index is 10.0. The van der Waals surface area contributed by atoms with Gasteiger partial charge < -0.3 is 14.7 Å². The van der Waals surface area contributed by atoms with E-state index < -0.39 is 6.10 Å². The van der Waals surface area contributed by atoms with Crippen molar-refractivity contribution in [1.29, 1.82) is 5.26 Å². The molecule has 110 valence electrons. The van der Waals surface area contributed by atoms with Crippen LogP contribution in [0.5, 0.6) is 5.75 Å². The second kappa shape index (κ2) is 8.85. The number of hydrogen-bond acceptors (Lipinski definition) is 5. The predicted molar refractivity (Wildman–Crippen MR) is 83.1 cm³/mol. The molecule has 0 saturated heterocycles. The van der Waals surface area contributed by atoms with Crippen LogP contribution < -0.4 is 4.74 Å². The Hall–Kier alpha value is -1.22. The Morgan fingerprint density at radius 2 is 2.15 bits per heavy atom. The summed E-state index contributed by atoms with van der Waals surface area (Å²) in [4.78, 5) is 2.11. The van der Waals surface area contributed by atoms with Crippen molar-refractivity contribution in [2.75, 3.05) is 32.2 Å². The number of rotatable bonds is 8. The van der Waals surface area contributed by atoms with Crippen LogP contribution in [0.4, 0.5) is 0 Å². The Morgan fingerprint density at radius 3 is 2.80 bits per heavy atom. The van der Waals surface area contributed by atoms with Crippen molar-refractivity contribution in [1.82, 2.24) is 4.90 Å². The van der Waals surface area contributed by atoms with Gasteiger partial charge in [0.05, 0.1) is 5.56 Å². The third kappa shape index (κ3) is 5.41. The SMILES string of the molecule is CSCC(C)N(C)CC(O)COc1ccccc1C#N. The molecule has 0 spiro atoms. The highest BCUT2D eigenvalue weighted by atomic mass is 32.2. The molecule has 0 aliphatic heterocycles. The van der Waals surface area contributed by atoms with Crippen molar-refractivity contribution in [3.05, 3.63) is 29.8 Å². The van der Waals surface area contributed by atoms with E-state index in [1.807, 2.05) is 13.1 Å². The molecular weight excluding hydrogens is 272 g/mol. The van der Waals surface area contributed by atoms with Crippen LogP contribution in [0.3, 0.4) is 0 Å². The molecule has 4 nitrogen and oxygen atoms in total. The molecule has 0 aliphatic carbocycles. The van der Waals surface area contributed by atoms with Crippen molar-refractivity contribution in [2.45, 2.75) is 19.1 Å². The zero-order valence-electron chi connectivity index (χ0n) is 12.2. The van der Waals surface area contributed by atoms with Crippen molar-refractivity contribution < 1.29 is 9.84 Å². The van der Waals surface area contributed by atoms with E-state index in [0.29, 0.717) is 23.9 Å². The summed E-state index contributed by atoms with van der Waals surface area (Å²) in [7, 11) is 1.99. The zero-order chi connectivity index (χ0) is 15.0. The van der Waals surface area contributed by atoms with E-state index in [9.17, 15) is 5.11 Å². The van der Waals surface area contributed by atoms with Gasteiger partial charge in [-0.25, -0.2) is 0 Å². The fourth-order valence-electron chi connectivity index (χ4n) is 1.80. The maximum Gasteiger partial charge on any atom is 0.137 e. The molecule has 1 aromatic carbocycles. The van der Waals surface area contributed by atoms with Gasteiger partial charge in [0.15, 0.2) is 0 Å². The highest BCUT2D eigenvalue weighted by Gasteiger charge is 2.14. The standard InChI is InChI=1S/C15H22N2O2S/c1-12(11-20-3)17(2)9-14(18)10-19-15-7-5-4-6-13(15)8-16/h4-7,12,14,18H,9-11H2,1-3H3. The van der Waals surface area contributed by atoms with Crippen LogP contribution in [-0.4, -0.2) is 54.4 Å². The van der Waals surface area contributed by atoms with E-state index in [1.54, 1.807) is 30.0 Å². The van der Waals surface area contributed by atoms with Gasteiger partial charge in [-0.05, 0) is 32.4 Å². The minimum atomic E-state index is -0.573. The second-order valence-corrected chi connectivity index (χ2v) is 5.73. The number of ether oxygens (including phenoxy) is 1. The van der Waals surface area contributed by atoms with Crippen molar-refractivity contribution in [3.8, 4) is 11.8 Å². The number of aliphatic hydroxyl groups excluding tert-OH is 1. The number of para-hydroxylation sites is 1. The largest absolute Gasteiger partial charge is 0.489 e. The molecule has 0 radical (unpaired) electrons. The van der Waals surface area contributed by atoms with Gasteiger partial charge in [-0.15, -0.1) is 0 Å². The van der Waals surface area contributed by atoms with Crippen LogP contribution in [0.2, 0.25) is 0 Å². The molecule has 20 heavy (non-hydrogen) atoms. The molecule has 2 atom stereocenters. The van der Waals surface area contributed by atoms with Gasteiger partial charge in [-0.3, -0.25) is 0 Å². The molecule has 0 aliphatic rings. The van der Waals surface area contributed by atoms with E-state index >= 15 is 0 Å². The quantitative estimate of drug-likeness (QED) is 0.794. The van der Waals surface area contributed by atoms with Gasteiger partial charge in [0, 0.05) is 18.3 Å². The lowest BCUT2D eigenvalue weighted by Gasteiger charge is -2.26. The average Bonchev–Trinajstić information content (AvgIpc) is 2.45. The Balaban J connectivity index is 2.43. The van der Waals surface area contributed by atoms with Crippen molar-refractivity contribution >= 4 is 11.8 Å². The second-order valence-electron chi connectivity index (χ2n) is 4.82. The molecule has 1 N–H and O–H groups in total. The Morgan fingerprint density at radius 1 is 1.45 bits per heavy atom. The highest BCUT2D eigenvalue weighted by molar-refractivity contribution is 7.98. The smallest absolute Gasteiger partial charge is 0.137 e. The van der Waals surface area contributed by atoms with E-state index in [-0.39, 0.29) is 6.61 Å². The van der Waals surface area contributed by atoms with Crippen LogP contribution >= 0.6 is 11.8 Å². The summed E-state index contributed by atoms with van der Waals surface area (Å²) in [6, 6.07) is 9.53. The minimum absolute atomic E-state index is 0.190. The van der Waals surface area contributed by atoms with E-state index in [2.05, 4.69) is 24.1 Å². The summed E-state index contributed by atoms with van der Waals surface area (Å²) >= 11 is 1.79. The molecule has 1 aromatic rings. The van der Waals surface area contributed by atoms with Gasteiger partial charge >= 0.3 is 0 Å². The molecule has 0 heterocycles. The molecule has 2 unspecified atom stereocenters. The van der Waals surface area contributed by atoms with Gasteiger partial charge in [0.25, 0.3) is 0 Å². The number of likely N-dealkylation sites (N-methyl/N-ethyl adjacent to an activating group) is 1. The number of benzene rings is 1. The maximum absolute atomic E-state index is 10.0. The molecule has 0 fully saturated rings. The third-order valence-electron chi connectivity index (χ3n) is 3.10. The Bertz CT molecular complexity index is 448. The topological polar surface area (TPSA) is 56.5 Å². The summed E-state index contributed by atoms with van der Waals surface area (Å²) < 4.78 is 5.53. The Kier molecular flexibility index (Phi) is 7.45. The van der Waals surface area contributed by atoms with Gasteiger partial charge in [0.2, 0.25) is 0 Å². The summed E-state index contributed by atoms with van der Waals surface area (Å²) in [6.07, 6.45) is 1.50. The number of nitrogens with zero attached hydrogens (tertiary/aromatic N) is 2. The van der Waals surface area contributed by atoms with Crippen LogP contribution in [0.1, 0.15) is 12.5 Å². The molecule has 0 saturated carbocycles. The molecule has 1 rings (SSSR count). The first-order valence-electron chi connectivity index (χ1n) is 6.57. The normalized spacial score (nSPS) is 13.8. The fraction of sp³-hybridized carbons (Fsp3) is 0.533. The number of nitriles is 1. The first kappa shape index (κ1) is 16.8. The summed E-state index contributed by atoms with van der Waals surface area (Å²) in [5.41, 5.74) is 0.490. The lowest BCUT2D eigenvalue weighted by molar-refractivity contribution is 0.0683. The molecule has 0 bridgehead atoms. The molecule has 5 heteroatoms.